The van der Waals surface area contributed by atoms with Gasteiger partial charge in [-0.25, -0.2) is 0 Å². The van der Waals surface area contributed by atoms with Crippen LogP contribution in [0.1, 0.15) is 13.3 Å². The molecule has 0 fully saturated rings. The molecule has 0 saturated carbocycles. The van der Waals surface area contributed by atoms with Crippen molar-refractivity contribution in [2.45, 2.75) is 19.4 Å². The quantitative estimate of drug-likeness (QED) is 0.607. The van der Waals surface area contributed by atoms with Crippen LogP contribution in [0.4, 0.5) is 0 Å². The predicted octanol–water partition coefficient (Wildman–Crippen LogP) is 2.29. The molecule has 0 aromatic rings. The zero-order valence-electron chi connectivity index (χ0n) is 6.31. The van der Waals surface area contributed by atoms with E-state index in [2.05, 4.69) is 18.8 Å². The van der Waals surface area contributed by atoms with Crippen LogP contribution in [0.15, 0.2) is 24.3 Å². The minimum Gasteiger partial charge on any atom is -0.310 e. The molecule has 0 saturated heterocycles. The molecule has 0 rings (SSSR count). The van der Waals surface area contributed by atoms with Gasteiger partial charge in [-0.15, -0.1) is 6.58 Å². The zero-order valence-corrected chi connectivity index (χ0v) is 7.06. The minimum absolute atomic E-state index is 0.491. The molecule has 0 bridgehead atoms. The summed E-state index contributed by atoms with van der Waals surface area (Å²) in [6, 6.07) is 0.491. The molecule has 0 radical (unpaired) electrons. The predicted molar refractivity (Wildman–Crippen MR) is 47.3 cm³/mol. The van der Waals surface area contributed by atoms with E-state index in [-0.39, 0.29) is 0 Å². The fraction of sp³-hybridized carbons (Fsp3) is 0.500. The van der Waals surface area contributed by atoms with Crippen molar-refractivity contribution in [3.8, 4) is 0 Å². The van der Waals surface area contributed by atoms with Gasteiger partial charge >= 0.3 is 0 Å². The monoisotopic (exact) mass is 159 g/mol. The molecule has 1 atom stereocenters. The molecular weight excluding hydrogens is 146 g/mol. The Morgan fingerprint density at radius 2 is 2.40 bits per heavy atom. The van der Waals surface area contributed by atoms with Crippen molar-refractivity contribution in [2.75, 3.05) is 6.54 Å². The van der Waals surface area contributed by atoms with Gasteiger partial charge in [0.05, 0.1) is 0 Å². The van der Waals surface area contributed by atoms with Crippen LogP contribution in [-0.4, -0.2) is 12.6 Å². The Morgan fingerprint density at radius 3 is 2.90 bits per heavy atom. The lowest BCUT2D eigenvalue weighted by Crippen LogP contribution is -2.25. The molecule has 0 aliphatic heterocycles. The number of rotatable bonds is 5. The van der Waals surface area contributed by atoms with Crippen molar-refractivity contribution in [2.24, 2.45) is 0 Å². The van der Waals surface area contributed by atoms with Crippen molar-refractivity contribution < 1.29 is 0 Å². The molecule has 2 heteroatoms. The van der Waals surface area contributed by atoms with Gasteiger partial charge in [-0.2, -0.15) is 0 Å². The van der Waals surface area contributed by atoms with Gasteiger partial charge in [0.1, 0.15) is 0 Å². The van der Waals surface area contributed by atoms with Crippen molar-refractivity contribution >= 4 is 11.6 Å². The van der Waals surface area contributed by atoms with Crippen LogP contribution >= 0.6 is 11.6 Å². The van der Waals surface area contributed by atoms with Gasteiger partial charge in [0.15, 0.2) is 0 Å². The molecule has 0 aliphatic carbocycles. The summed E-state index contributed by atoms with van der Waals surface area (Å²) >= 11 is 5.32. The van der Waals surface area contributed by atoms with E-state index in [1.165, 1.54) is 5.54 Å². The van der Waals surface area contributed by atoms with Crippen molar-refractivity contribution in [1.29, 1.82) is 0 Å². The minimum atomic E-state index is 0.491. The smallest absolute Gasteiger partial charge is 0.0149 e. The summed E-state index contributed by atoms with van der Waals surface area (Å²) in [5, 5.41) is 3.24. The lowest BCUT2D eigenvalue weighted by molar-refractivity contribution is 0.591. The largest absolute Gasteiger partial charge is 0.310 e. The van der Waals surface area contributed by atoms with Gasteiger partial charge in [0.2, 0.25) is 0 Å². The standard InChI is InChI=1S/C8H14ClN/c1-3-5-8(2)10-7-4-6-9/h3-4,6,8,10H,1,5,7H2,2H3/b6-4+. The maximum absolute atomic E-state index is 5.32. The van der Waals surface area contributed by atoms with E-state index in [1.54, 1.807) is 0 Å². The highest BCUT2D eigenvalue weighted by Gasteiger charge is 1.93. The highest BCUT2D eigenvalue weighted by atomic mass is 35.5. The highest BCUT2D eigenvalue weighted by molar-refractivity contribution is 6.25. The van der Waals surface area contributed by atoms with Crippen LogP contribution in [0.25, 0.3) is 0 Å². The summed E-state index contributed by atoms with van der Waals surface area (Å²) in [6.07, 6.45) is 4.78. The molecule has 0 aliphatic rings. The third kappa shape index (κ3) is 5.86. The molecule has 1 unspecified atom stereocenters. The van der Waals surface area contributed by atoms with E-state index in [0.29, 0.717) is 6.04 Å². The lowest BCUT2D eigenvalue weighted by Gasteiger charge is -2.07. The first-order valence-electron chi connectivity index (χ1n) is 3.40. The van der Waals surface area contributed by atoms with Gasteiger partial charge in [-0.3, -0.25) is 0 Å². The van der Waals surface area contributed by atoms with Crippen molar-refractivity contribution in [3.05, 3.63) is 24.3 Å². The Kier molecular flexibility index (Phi) is 6.66. The van der Waals surface area contributed by atoms with Gasteiger partial charge in [0.25, 0.3) is 0 Å². The van der Waals surface area contributed by atoms with E-state index >= 15 is 0 Å². The Hall–Kier alpha value is -0.270. The summed E-state index contributed by atoms with van der Waals surface area (Å²) in [6.45, 7) is 6.59. The maximum Gasteiger partial charge on any atom is 0.0149 e. The average Bonchev–Trinajstić information content (AvgIpc) is 1.89. The number of nitrogens with one attached hydrogen (secondary N) is 1. The molecule has 0 heterocycles. The Morgan fingerprint density at radius 1 is 1.70 bits per heavy atom. The molecule has 0 aromatic carbocycles. The van der Waals surface area contributed by atoms with E-state index in [4.69, 9.17) is 11.6 Å². The fourth-order valence-corrected chi connectivity index (χ4v) is 0.736. The second-order valence-corrected chi connectivity index (χ2v) is 2.45. The summed E-state index contributed by atoms with van der Waals surface area (Å²) in [5.41, 5.74) is 1.52. The molecule has 0 aromatic heterocycles. The third-order valence-corrected chi connectivity index (χ3v) is 1.37. The fourth-order valence-electron chi connectivity index (χ4n) is 0.647. The third-order valence-electron chi connectivity index (χ3n) is 1.19. The number of hydrogen-bond acceptors (Lipinski definition) is 1. The SMILES string of the molecule is C=CCC(C)NC/C=C/Cl. The van der Waals surface area contributed by atoms with Crippen LogP contribution in [0.3, 0.4) is 0 Å². The zero-order chi connectivity index (χ0) is 7.82. The first kappa shape index (κ1) is 9.73. The van der Waals surface area contributed by atoms with Crippen LogP contribution < -0.4 is 5.32 Å². The van der Waals surface area contributed by atoms with Gasteiger partial charge in [0, 0.05) is 18.1 Å². The first-order chi connectivity index (χ1) is 4.81. The van der Waals surface area contributed by atoms with Crippen LogP contribution in [0.5, 0.6) is 0 Å². The van der Waals surface area contributed by atoms with Crippen LogP contribution in [0, 0.1) is 0 Å². The van der Waals surface area contributed by atoms with E-state index in [9.17, 15) is 0 Å². The normalized spacial score (nSPS) is 13.8. The Balaban J connectivity index is 3.20. The van der Waals surface area contributed by atoms with Crippen molar-refractivity contribution in [3.63, 3.8) is 0 Å². The summed E-state index contributed by atoms with van der Waals surface area (Å²) in [5.74, 6) is 0. The molecule has 0 amide bonds. The van der Waals surface area contributed by atoms with Gasteiger partial charge < -0.3 is 5.32 Å². The number of halogens is 1. The molecule has 0 spiro atoms. The lowest BCUT2D eigenvalue weighted by atomic mass is 10.2. The maximum atomic E-state index is 5.32. The molecule has 10 heavy (non-hydrogen) atoms. The molecule has 1 nitrogen and oxygen atoms in total. The van der Waals surface area contributed by atoms with Crippen molar-refractivity contribution in [1.82, 2.24) is 5.32 Å². The van der Waals surface area contributed by atoms with Gasteiger partial charge in [-0.1, -0.05) is 23.8 Å². The Labute approximate surface area is 67.8 Å². The molecule has 1 N–H and O–H groups in total. The summed E-state index contributed by atoms with van der Waals surface area (Å²) in [4.78, 5) is 0. The second-order valence-electron chi connectivity index (χ2n) is 2.20. The van der Waals surface area contributed by atoms with Crippen LogP contribution in [0.2, 0.25) is 0 Å². The Bertz CT molecular complexity index is 110. The molecular formula is C8H14ClN. The first-order valence-corrected chi connectivity index (χ1v) is 3.84. The van der Waals surface area contributed by atoms with E-state index in [0.717, 1.165) is 13.0 Å². The average molecular weight is 160 g/mol. The van der Waals surface area contributed by atoms with E-state index in [1.807, 2.05) is 12.2 Å². The van der Waals surface area contributed by atoms with Crippen LogP contribution in [-0.2, 0) is 0 Å². The second kappa shape index (κ2) is 6.84. The summed E-state index contributed by atoms with van der Waals surface area (Å²) < 4.78 is 0. The van der Waals surface area contributed by atoms with Gasteiger partial charge in [-0.05, 0) is 13.3 Å². The number of hydrogen-bond donors (Lipinski definition) is 1. The van der Waals surface area contributed by atoms with E-state index < -0.39 is 0 Å². The summed E-state index contributed by atoms with van der Waals surface area (Å²) in [7, 11) is 0. The topological polar surface area (TPSA) is 12.0 Å². The molecule has 58 valence electrons. The highest BCUT2D eigenvalue weighted by Crippen LogP contribution is 1.89.